The van der Waals surface area contributed by atoms with Crippen LogP contribution in [0.4, 0.5) is 10.1 Å². The molecule has 1 aromatic heterocycles. The van der Waals surface area contributed by atoms with E-state index >= 15 is 0 Å². The van der Waals surface area contributed by atoms with Crippen LogP contribution in [0.25, 0.3) is 10.9 Å². The van der Waals surface area contributed by atoms with E-state index in [2.05, 4.69) is 0 Å². The van der Waals surface area contributed by atoms with Crippen LogP contribution in [0, 0.1) is 5.82 Å². The topological polar surface area (TPSA) is 45.5 Å². The number of pyridine rings is 1. The molecule has 0 unspecified atom stereocenters. The molecule has 1 N–H and O–H groups in total. The fourth-order valence-electron chi connectivity index (χ4n) is 2.65. The van der Waals surface area contributed by atoms with Crippen LogP contribution in [0.1, 0.15) is 5.56 Å². The minimum Gasteiger partial charge on any atom is -0.506 e. The molecule has 2 aromatic carbocycles. The summed E-state index contributed by atoms with van der Waals surface area (Å²) >= 11 is 11.4. The van der Waals surface area contributed by atoms with Gasteiger partial charge in [-0.15, -0.1) is 0 Å². The van der Waals surface area contributed by atoms with Crippen LogP contribution in [-0.4, -0.2) is 21.7 Å². The van der Waals surface area contributed by atoms with E-state index < -0.39 is 5.56 Å². The molecule has 25 heavy (non-hydrogen) atoms. The van der Waals surface area contributed by atoms with Crippen LogP contribution in [0.5, 0.6) is 5.75 Å². The lowest BCUT2D eigenvalue weighted by Crippen LogP contribution is -2.33. The van der Waals surface area contributed by atoms with Gasteiger partial charge in [-0.2, -0.15) is 0 Å². The van der Waals surface area contributed by atoms with Gasteiger partial charge in [-0.1, -0.05) is 23.8 Å². The van der Waals surface area contributed by atoms with Gasteiger partial charge in [0.05, 0.1) is 5.52 Å². The largest absolute Gasteiger partial charge is 0.506 e. The minimum atomic E-state index is -0.425. The molecule has 0 atom stereocenters. The Morgan fingerprint density at radius 1 is 1.24 bits per heavy atom. The first kappa shape index (κ1) is 17.4. The van der Waals surface area contributed by atoms with E-state index in [1.165, 1.54) is 16.7 Å². The lowest BCUT2D eigenvalue weighted by Gasteiger charge is -2.21. The lowest BCUT2D eigenvalue weighted by atomic mass is 10.1. The molecule has 0 aliphatic rings. The number of benzene rings is 2. The van der Waals surface area contributed by atoms with Crippen LogP contribution >= 0.6 is 23.8 Å². The average Bonchev–Trinajstić information content (AvgIpc) is 2.60. The van der Waals surface area contributed by atoms with Gasteiger partial charge >= 0.3 is 0 Å². The molecule has 3 aromatic rings. The maximum atomic E-state index is 13.1. The highest BCUT2D eigenvalue weighted by Gasteiger charge is 2.21. The number of hydrogen-bond donors (Lipinski definition) is 1. The summed E-state index contributed by atoms with van der Waals surface area (Å²) in [5, 5.41) is 11.5. The number of aromatic nitrogens is 1. The molecule has 0 amide bonds. The van der Waals surface area contributed by atoms with Crippen molar-refractivity contribution in [1.29, 1.82) is 0 Å². The predicted molar refractivity (Wildman–Crippen MR) is 102 cm³/mol. The van der Waals surface area contributed by atoms with Gasteiger partial charge < -0.3 is 14.6 Å². The SMILES string of the molecule is CN(C(=S)c1c(O)c2cc(Cl)ccc2n(C)c1=O)c1ccc(F)cc1. The normalized spacial score (nSPS) is 10.9. The molecule has 0 bridgehead atoms. The number of anilines is 1. The van der Waals surface area contributed by atoms with Gasteiger partial charge in [0, 0.05) is 30.2 Å². The van der Waals surface area contributed by atoms with E-state index in [0.717, 1.165) is 0 Å². The summed E-state index contributed by atoms with van der Waals surface area (Å²) in [4.78, 5) is 14.4. The van der Waals surface area contributed by atoms with Crippen LogP contribution in [-0.2, 0) is 7.05 Å². The Hall–Kier alpha value is -2.44. The Morgan fingerprint density at radius 2 is 1.88 bits per heavy atom. The Balaban J connectivity index is 2.19. The predicted octanol–water partition coefficient (Wildman–Crippen LogP) is 3.85. The van der Waals surface area contributed by atoms with E-state index in [-0.39, 0.29) is 22.1 Å². The number of thiocarbonyl (C=S) groups is 1. The maximum absolute atomic E-state index is 13.1. The average molecular weight is 377 g/mol. The zero-order valence-electron chi connectivity index (χ0n) is 13.5. The van der Waals surface area contributed by atoms with Crippen molar-refractivity contribution < 1.29 is 9.50 Å². The molecule has 128 valence electrons. The summed E-state index contributed by atoms with van der Waals surface area (Å²) in [5.74, 6) is -0.596. The molecule has 0 fully saturated rings. The third-order valence-electron chi connectivity index (χ3n) is 4.06. The van der Waals surface area contributed by atoms with E-state index in [1.54, 1.807) is 49.3 Å². The van der Waals surface area contributed by atoms with Crippen LogP contribution in [0.3, 0.4) is 0 Å². The zero-order chi connectivity index (χ0) is 18.3. The van der Waals surface area contributed by atoms with Gasteiger partial charge in [0.2, 0.25) is 0 Å². The summed E-state index contributed by atoms with van der Waals surface area (Å²) in [7, 11) is 3.25. The molecular formula is C18H14ClFN2O2S. The number of halogens is 2. The first-order chi connectivity index (χ1) is 11.8. The summed E-state index contributed by atoms with van der Waals surface area (Å²) < 4.78 is 14.5. The zero-order valence-corrected chi connectivity index (χ0v) is 15.0. The Kier molecular flexibility index (Phi) is 4.49. The first-order valence-corrected chi connectivity index (χ1v) is 8.14. The molecule has 0 saturated carbocycles. The van der Waals surface area contributed by atoms with E-state index in [0.29, 0.717) is 21.6 Å². The number of aromatic hydroxyl groups is 1. The summed E-state index contributed by atoms with van der Waals surface area (Å²) in [6.45, 7) is 0. The molecule has 4 nitrogen and oxygen atoms in total. The van der Waals surface area contributed by atoms with Crippen molar-refractivity contribution in [2.45, 2.75) is 0 Å². The van der Waals surface area contributed by atoms with Crippen LogP contribution in [0.2, 0.25) is 5.02 Å². The Labute approximate surface area is 153 Å². The van der Waals surface area contributed by atoms with Crippen molar-refractivity contribution in [2.75, 3.05) is 11.9 Å². The van der Waals surface area contributed by atoms with Crippen molar-refractivity contribution in [3.8, 4) is 5.75 Å². The highest BCUT2D eigenvalue weighted by atomic mass is 35.5. The van der Waals surface area contributed by atoms with Crippen molar-refractivity contribution in [2.24, 2.45) is 7.05 Å². The number of hydrogen-bond acceptors (Lipinski definition) is 3. The van der Waals surface area contributed by atoms with E-state index in [1.807, 2.05) is 0 Å². The third-order valence-corrected chi connectivity index (χ3v) is 4.78. The number of nitrogens with zero attached hydrogens (tertiary/aromatic N) is 2. The van der Waals surface area contributed by atoms with Gasteiger partial charge in [-0.3, -0.25) is 4.79 Å². The number of rotatable bonds is 2. The molecule has 0 saturated heterocycles. The smallest absolute Gasteiger partial charge is 0.264 e. The molecule has 0 aliphatic carbocycles. The summed E-state index contributed by atoms with van der Waals surface area (Å²) in [6.07, 6.45) is 0. The summed E-state index contributed by atoms with van der Waals surface area (Å²) in [5.41, 5.74) is 0.715. The lowest BCUT2D eigenvalue weighted by molar-refractivity contribution is 0.478. The number of aryl methyl sites for hydroxylation is 1. The second-order valence-corrected chi connectivity index (χ2v) is 6.41. The maximum Gasteiger partial charge on any atom is 0.264 e. The second-order valence-electron chi connectivity index (χ2n) is 5.59. The van der Waals surface area contributed by atoms with Gasteiger partial charge in [-0.25, -0.2) is 4.39 Å². The van der Waals surface area contributed by atoms with E-state index in [4.69, 9.17) is 23.8 Å². The van der Waals surface area contributed by atoms with Gasteiger partial charge in [0.25, 0.3) is 5.56 Å². The highest BCUT2D eigenvalue weighted by molar-refractivity contribution is 7.81. The summed E-state index contributed by atoms with van der Waals surface area (Å²) in [6, 6.07) is 10.6. The van der Waals surface area contributed by atoms with Crippen LogP contribution in [0.15, 0.2) is 47.3 Å². The third kappa shape index (κ3) is 2.99. The van der Waals surface area contributed by atoms with Crippen molar-refractivity contribution in [3.05, 3.63) is 69.2 Å². The molecule has 3 rings (SSSR count). The molecule has 1 heterocycles. The number of fused-ring (bicyclic) bond motifs is 1. The minimum absolute atomic E-state index is 0.000841. The van der Waals surface area contributed by atoms with Crippen molar-refractivity contribution in [3.63, 3.8) is 0 Å². The standard InChI is InChI=1S/C18H14ClFN2O2S/c1-21(12-6-4-11(20)5-7-12)18(25)15-16(23)13-9-10(19)3-8-14(13)22(2)17(15)24/h3-9,23H,1-2H3. The van der Waals surface area contributed by atoms with Gasteiger partial charge in [0.1, 0.15) is 22.1 Å². The van der Waals surface area contributed by atoms with Crippen LogP contribution < -0.4 is 10.5 Å². The molecule has 0 aliphatic heterocycles. The first-order valence-electron chi connectivity index (χ1n) is 7.36. The Morgan fingerprint density at radius 3 is 2.52 bits per heavy atom. The monoisotopic (exact) mass is 376 g/mol. The van der Waals surface area contributed by atoms with E-state index in [9.17, 15) is 14.3 Å². The quantitative estimate of drug-likeness (QED) is 0.690. The second kappa shape index (κ2) is 6.46. The Bertz CT molecular complexity index is 1050. The molecule has 0 radical (unpaired) electrons. The molecular weight excluding hydrogens is 363 g/mol. The fraction of sp³-hybridized carbons (Fsp3) is 0.111. The fourth-order valence-corrected chi connectivity index (χ4v) is 3.11. The van der Waals surface area contributed by atoms with Crippen molar-refractivity contribution >= 4 is 45.4 Å². The molecule has 0 spiro atoms. The highest BCUT2D eigenvalue weighted by Crippen LogP contribution is 2.30. The molecule has 7 heteroatoms. The van der Waals surface area contributed by atoms with Crippen molar-refractivity contribution in [1.82, 2.24) is 4.57 Å². The van der Waals surface area contributed by atoms with Gasteiger partial charge in [0.15, 0.2) is 0 Å². The van der Waals surface area contributed by atoms with Gasteiger partial charge in [-0.05, 0) is 42.5 Å².